The average molecular weight is 335 g/mol. The normalized spacial score (nSPS) is 14.9. The third kappa shape index (κ3) is 4.93. The summed E-state index contributed by atoms with van der Waals surface area (Å²) in [7, 11) is 0. The van der Waals surface area contributed by atoms with Crippen LogP contribution in [0.5, 0.6) is 0 Å². The van der Waals surface area contributed by atoms with Crippen LogP contribution in [0.15, 0.2) is 24.9 Å². The molecule has 0 saturated carbocycles. The van der Waals surface area contributed by atoms with Gasteiger partial charge in [-0.25, -0.2) is 4.98 Å². The Kier molecular flexibility index (Phi) is 6.82. The zero-order valence-corrected chi connectivity index (χ0v) is 14.3. The lowest BCUT2D eigenvalue weighted by Crippen LogP contribution is -2.41. The second-order valence-electron chi connectivity index (χ2n) is 5.42. The van der Waals surface area contributed by atoms with E-state index in [4.69, 9.17) is 23.2 Å². The molecule has 0 radical (unpaired) electrons. The van der Waals surface area contributed by atoms with Gasteiger partial charge in [-0.05, 0) is 45.2 Å². The predicted molar refractivity (Wildman–Crippen MR) is 87.5 cm³/mol. The number of hydrogen-bond donors (Lipinski definition) is 1. The Bertz CT molecular complexity index is 463. The molecule has 1 aromatic heterocycles. The van der Waals surface area contributed by atoms with Gasteiger partial charge < -0.3 is 4.55 Å². The van der Waals surface area contributed by atoms with Crippen molar-refractivity contribution in [2.75, 3.05) is 0 Å². The molecule has 1 rings (SSSR count). The van der Waals surface area contributed by atoms with E-state index in [0.717, 1.165) is 18.4 Å². The van der Waals surface area contributed by atoms with Crippen molar-refractivity contribution in [1.82, 2.24) is 9.71 Å². The lowest BCUT2D eigenvalue weighted by Gasteiger charge is -2.28. The Morgan fingerprint density at radius 3 is 2.70 bits per heavy atom. The first-order valence-corrected chi connectivity index (χ1v) is 8.26. The van der Waals surface area contributed by atoms with Crippen LogP contribution in [0.25, 0.3) is 0 Å². The van der Waals surface area contributed by atoms with Gasteiger partial charge in [0.05, 0.1) is 11.1 Å². The Labute approximate surface area is 134 Å². The highest BCUT2D eigenvalue weighted by molar-refractivity contribution is 7.90. The lowest BCUT2D eigenvalue weighted by atomic mass is 10.0. The minimum atomic E-state index is -1.19. The molecule has 1 heterocycles. The van der Waals surface area contributed by atoms with E-state index in [-0.39, 0.29) is 15.9 Å². The average Bonchev–Trinajstić information content (AvgIpc) is 2.36. The quantitative estimate of drug-likeness (QED) is 0.475. The van der Waals surface area contributed by atoms with Crippen LogP contribution >= 0.6 is 23.2 Å². The Morgan fingerprint density at radius 1 is 1.50 bits per heavy atom. The summed E-state index contributed by atoms with van der Waals surface area (Å²) in [6.07, 6.45) is 4.96. The van der Waals surface area contributed by atoms with E-state index < -0.39 is 11.4 Å². The van der Waals surface area contributed by atoms with E-state index in [2.05, 4.69) is 16.3 Å². The van der Waals surface area contributed by atoms with E-state index in [1.807, 2.05) is 26.8 Å². The topological polar surface area (TPSA) is 48.0 Å². The van der Waals surface area contributed by atoms with E-state index in [0.29, 0.717) is 5.02 Å². The van der Waals surface area contributed by atoms with Gasteiger partial charge in [0.15, 0.2) is 0 Å². The molecule has 1 unspecified atom stereocenters. The summed E-state index contributed by atoms with van der Waals surface area (Å²) in [5, 5.41) is 0.665. The molecule has 20 heavy (non-hydrogen) atoms. The molecule has 0 aromatic carbocycles. The standard InChI is InChI=1S/C14H20Cl2N2OS/c1-5-6-7-11(18-20(19)14(2,3)4)10-8-9-17-13(16)12(10)15/h5,8-9,11,18H,1,6-7H2,2-4H3/t11-,20?/m1/s1. The predicted octanol–water partition coefficient (Wildman–Crippen LogP) is 4.45. The highest BCUT2D eigenvalue weighted by Gasteiger charge is 2.30. The molecule has 112 valence electrons. The Morgan fingerprint density at radius 2 is 2.15 bits per heavy atom. The zero-order valence-electron chi connectivity index (χ0n) is 12.0. The van der Waals surface area contributed by atoms with Crippen molar-refractivity contribution in [3.63, 3.8) is 0 Å². The maximum Gasteiger partial charge on any atom is 0.147 e. The number of allylic oxidation sites excluding steroid dienone is 1. The zero-order chi connectivity index (χ0) is 15.3. The Balaban J connectivity index is 3.00. The van der Waals surface area contributed by atoms with Gasteiger partial charge in [-0.1, -0.05) is 29.3 Å². The summed E-state index contributed by atoms with van der Waals surface area (Å²) in [6, 6.07) is 1.65. The fourth-order valence-corrected chi connectivity index (χ4v) is 2.84. The molecule has 3 nitrogen and oxygen atoms in total. The van der Waals surface area contributed by atoms with Crippen molar-refractivity contribution < 1.29 is 4.55 Å². The van der Waals surface area contributed by atoms with Gasteiger partial charge >= 0.3 is 0 Å². The van der Waals surface area contributed by atoms with Gasteiger partial charge in [-0.2, -0.15) is 0 Å². The fraction of sp³-hybridized carbons (Fsp3) is 0.500. The van der Waals surface area contributed by atoms with Crippen molar-refractivity contribution in [1.29, 1.82) is 0 Å². The van der Waals surface area contributed by atoms with Crippen molar-refractivity contribution in [2.45, 2.75) is 44.4 Å². The van der Waals surface area contributed by atoms with Crippen LogP contribution in [-0.4, -0.2) is 14.3 Å². The minimum absolute atomic E-state index is 0.152. The molecule has 0 saturated heterocycles. The minimum Gasteiger partial charge on any atom is -0.598 e. The van der Waals surface area contributed by atoms with Gasteiger partial charge in [-0.15, -0.1) is 11.3 Å². The molecule has 0 aliphatic rings. The smallest absolute Gasteiger partial charge is 0.147 e. The molecular weight excluding hydrogens is 315 g/mol. The van der Waals surface area contributed by atoms with Crippen LogP contribution in [-0.2, 0) is 11.4 Å². The van der Waals surface area contributed by atoms with E-state index in [9.17, 15) is 4.55 Å². The molecule has 1 N–H and O–H groups in total. The summed E-state index contributed by atoms with van der Waals surface area (Å²) in [5.74, 6) is 0. The number of rotatable bonds is 6. The summed E-state index contributed by atoms with van der Waals surface area (Å²) >= 11 is 11.0. The molecule has 0 amide bonds. The van der Waals surface area contributed by atoms with Gasteiger partial charge in [0.1, 0.15) is 9.90 Å². The van der Waals surface area contributed by atoms with Crippen LogP contribution in [0, 0.1) is 0 Å². The highest BCUT2D eigenvalue weighted by atomic mass is 35.5. The summed E-state index contributed by atoms with van der Waals surface area (Å²) < 4.78 is 15.1. The van der Waals surface area contributed by atoms with E-state index in [1.54, 1.807) is 12.3 Å². The number of hydrogen-bond acceptors (Lipinski definition) is 3. The van der Waals surface area contributed by atoms with E-state index in [1.165, 1.54) is 0 Å². The molecular formula is C14H20Cl2N2OS. The Hall–Kier alpha value is -0.260. The molecule has 0 spiro atoms. The lowest BCUT2D eigenvalue weighted by molar-refractivity contribution is 0.513. The monoisotopic (exact) mass is 334 g/mol. The number of nitrogens with one attached hydrogen (secondary N) is 1. The molecule has 6 heteroatoms. The third-order valence-electron chi connectivity index (χ3n) is 2.72. The number of nitrogens with zero attached hydrogens (tertiary/aromatic N) is 1. The van der Waals surface area contributed by atoms with Crippen LogP contribution in [0.3, 0.4) is 0 Å². The van der Waals surface area contributed by atoms with Gasteiger partial charge in [0, 0.05) is 17.6 Å². The first-order chi connectivity index (χ1) is 9.27. The second kappa shape index (κ2) is 7.66. The SMILES string of the molecule is C=CCC[C@@H](N[S+]([O-])C(C)(C)C)c1ccnc(Cl)c1Cl. The maximum absolute atomic E-state index is 12.3. The van der Waals surface area contributed by atoms with Gasteiger partial charge in [0.2, 0.25) is 0 Å². The molecule has 0 fully saturated rings. The van der Waals surface area contributed by atoms with Gasteiger partial charge in [-0.3, -0.25) is 0 Å². The largest absolute Gasteiger partial charge is 0.598 e. The molecule has 0 aliphatic heterocycles. The molecule has 0 aliphatic carbocycles. The van der Waals surface area contributed by atoms with Crippen LogP contribution in [0.2, 0.25) is 10.2 Å². The maximum atomic E-state index is 12.3. The van der Waals surface area contributed by atoms with Crippen LogP contribution < -0.4 is 4.72 Å². The van der Waals surface area contributed by atoms with Crippen molar-refractivity contribution in [3.05, 3.63) is 40.7 Å². The highest BCUT2D eigenvalue weighted by Crippen LogP contribution is 2.32. The van der Waals surface area contributed by atoms with Crippen LogP contribution in [0.1, 0.15) is 45.2 Å². The van der Waals surface area contributed by atoms with Crippen molar-refractivity contribution in [3.8, 4) is 0 Å². The first-order valence-electron chi connectivity index (χ1n) is 6.36. The van der Waals surface area contributed by atoms with Crippen molar-refractivity contribution >= 4 is 34.6 Å². The number of halogens is 2. The summed E-state index contributed by atoms with van der Waals surface area (Å²) in [5.41, 5.74) is 0.811. The first kappa shape index (κ1) is 17.8. The fourth-order valence-electron chi connectivity index (χ4n) is 1.57. The second-order valence-corrected chi connectivity index (χ2v) is 8.16. The molecule has 1 aromatic rings. The van der Waals surface area contributed by atoms with Crippen molar-refractivity contribution in [2.24, 2.45) is 0 Å². The number of aromatic nitrogens is 1. The third-order valence-corrected chi connectivity index (χ3v) is 5.11. The number of pyridine rings is 1. The van der Waals surface area contributed by atoms with E-state index >= 15 is 0 Å². The molecule has 2 atom stereocenters. The summed E-state index contributed by atoms with van der Waals surface area (Å²) in [4.78, 5) is 3.94. The molecule has 0 bridgehead atoms. The van der Waals surface area contributed by atoms with Gasteiger partial charge in [0.25, 0.3) is 0 Å². The summed E-state index contributed by atoms with van der Waals surface area (Å²) in [6.45, 7) is 9.47. The van der Waals surface area contributed by atoms with Crippen LogP contribution in [0.4, 0.5) is 0 Å².